The van der Waals surface area contributed by atoms with Crippen molar-refractivity contribution in [2.45, 2.75) is 45.8 Å². The molecule has 2 aromatic heterocycles. The van der Waals surface area contributed by atoms with Crippen molar-refractivity contribution >= 4 is 5.91 Å². The molecule has 0 aliphatic carbocycles. The number of hydrogen-bond donors (Lipinski definition) is 1. The van der Waals surface area contributed by atoms with Gasteiger partial charge in [-0.05, 0) is 42.2 Å². The molecule has 0 saturated heterocycles. The van der Waals surface area contributed by atoms with Gasteiger partial charge in [0, 0.05) is 45.0 Å². The molecule has 1 aromatic carbocycles. The maximum atomic E-state index is 12.9. The van der Waals surface area contributed by atoms with Gasteiger partial charge in [0.25, 0.3) is 5.91 Å². The highest BCUT2D eigenvalue weighted by Gasteiger charge is 2.26. The fourth-order valence-electron chi connectivity index (χ4n) is 4.69. The lowest BCUT2D eigenvalue weighted by atomic mass is 10.0. The maximum absolute atomic E-state index is 12.9. The topological polar surface area (TPSA) is 94.4 Å². The summed E-state index contributed by atoms with van der Waals surface area (Å²) in [6.07, 6.45) is 4.84. The van der Waals surface area contributed by atoms with Crippen LogP contribution in [0.25, 0.3) is 0 Å². The summed E-state index contributed by atoms with van der Waals surface area (Å²) in [5, 5.41) is 12.2. The first-order valence-electron chi connectivity index (χ1n) is 12.3. The molecule has 5 rings (SSSR count). The van der Waals surface area contributed by atoms with Crippen LogP contribution in [0.15, 0.2) is 42.7 Å². The summed E-state index contributed by atoms with van der Waals surface area (Å²) in [7, 11) is 0. The van der Waals surface area contributed by atoms with Crippen molar-refractivity contribution in [2.75, 3.05) is 26.3 Å². The van der Waals surface area contributed by atoms with E-state index in [0.717, 1.165) is 62.2 Å². The van der Waals surface area contributed by atoms with Crippen LogP contribution in [0.5, 0.6) is 11.5 Å². The first-order valence-corrected chi connectivity index (χ1v) is 12.3. The van der Waals surface area contributed by atoms with Crippen LogP contribution in [0.3, 0.4) is 0 Å². The third-order valence-corrected chi connectivity index (χ3v) is 6.41. The normalized spacial score (nSPS) is 16.4. The highest BCUT2D eigenvalue weighted by molar-refractivity contribution is 5.94. The number of aromatic nitrogens is 4. The van der Waals surface area contributed by atoms with Gasteiger partial charge in [0.05, 0.1) is 11.6 Å². The van der Waals surface area contributed by atoms with Crippen molar-refractivity contribution < 1.29 is 14.3 Å². The maximum Gasteiger partial charge on any atom is 0.253 e. The molecule has 3 aromatic rings. The van der Waals surface area contributed by atoms with Gasteiger partial charge in [0.1, 0.15) is 19.0 Å². The van der Waals surface area contributed by atoms with E-state index in [1.165, 1.54) is 5.56 Å². The molecule has 184 valence electrons. The van der Waals surface area contributed by atoms with Crippen molar-refractivity contribution in [3.8, 4) is 11.5 Å². The van der Waals surface area contributed by atoms with Crippen LogP contribution >= 0.6 is 0 Å². The zero-order valence-electron chi connectivity index (χ0n) is 20.3. The molecule has 35 heavy (non-hydrogen) atoms. The molecule has 0 spiro atoms. The van der Waals surface area contributed by atoms with Crippen LogP contribution in [0.2, 0.25) is 0 Å². The molecule has 9 heteroatoms. The predicted molar refractivity (Wildman–Crippen MR) is 130 cm³/mol. The Kier molecular flexibility index (Phi) is 6.94. The Morgan fingerprint density at radius 3 is 2.74 bits per heavy atom. The Morgan fingerprint density at radius 1 is 1.09 bits per heavy atom. The van der Waals surface area contributed by atoms with Gasteiger partial charge in [-0.25, -0.2) is 0 Å². The average Bonchev–Trinajstić information content (AvgIpc) is 3.17. The lowest BCUT2D eigenvalue weighted by Gasteiger charge is -2.23. The minimum Gasteiger partial charge on any atom is -0.486 e. The summed E-state index contributed by atoms with van der Waals surface area (Å²) in [5.74, 6) is 3.68. The van der Waals surface area contributed by atoms with E-state index in [-0.39, 0.29) is 11.9 Å². The summed E-state index contributed by atoms with van der Waals surface area (Å²) in [6.45, 7) is 8.86. The molecule has 0 fully saturated rings. The average molecular weight is 477 g/mol. The number of carbonyl (C=O) groups excluding carboxylic acids is 1. The smallest absolute Gasteiger partial charge is 0.253 e. The second-order valence-corrected chi connectivity index (χ2v) is 9.53. The van der Waals surface area contributed by atoms with E-state index in [4.69, 9.17) is 9.47 Å². The summed E-state index contributed by atoms with van der Waals surface area (Å²) in [6, 6.07) is 9.51. The minimum atomic E-state index is -0.215. The van der Waals surface area contributed by atoms with Gasteiger partial charge in [-0.15, -0.1) is 10.2 Å². The molecule has 1 N–H and O–H groups in total. The number of nitrogens with zero attached hydrogens (tertiary/aromatic N) is 5. The van der Waals surface area contributed by atoms with Gasteiger partial charge in [-0.2, -0.15) is 0 Å². The first kappa shape index (κ1) is 23.3. The molecule has 1 amide bonds. The van der Waals surface area contributed by atoms with Crippen LogP contribution in [0.1, 0.15) is 53.9 Å². The van der Waals surface area contributed by atoms with Crippen molar-refractivity contribution in [2.24, 2.45) is 5.92 Å². The number of carbonyl (C=O) groups is 1. The Bertz CT molecular complexity index is 1160. The minimum absolute atomic E-state index is 0.144. The quantitative estimate of drug-likeness (QED) is 0.560. The van der Waals surface area contributed by atoms with Crippen LogP contribution in [0, 0.1) is 5.92 Å². The highest BCUT2D eigenvalue weighted by atomic mass is 16.6. The van der Waals surface area contributed by atoms with Crippen LogP contribution in [-0.2, 0) is 19.5 Å². The van der Waals surface area contributed by atoms with Crippen molar-refractivity contribution in [1.82, 2.24) is 30.0 Å². The molecule has 0 saturated carbocycles. The monoisotopic (exact) mass is 476 g/mol. The van der Waals surface area contributed by atoms with Gasteiger partial charge in [-0.1, -0.05) is 19.9 Å². The van der Waals surface area contributed by atoms with Crippen molar-refractivity contribution in [3.05, 3.63) is 65.5 Å². The predicted octanol–water partition coefficient (Wildman–Crippen LogP) is 3.02. The number of ether oxygens (including phenoxy) is 2. The summed E-state index contributed by atoms with van der Waals surface area (Å²) < 4.78 is 13.6. The number of nitrogens with one attached hydrogen (secondary N) is 1. The number of fused-ring (bicyclic) bond motifs is 2. The number of amides is 1. The number of hydrogen-bond acceptors (Lipinski definition) is 7. The molecule has 1 atom stereocenters. The second kappa shape index (κ2) is 10.4. The molecule has 4 heterocycles. The van der Waals surface area contributed by atoms with E-state index in [1.807, 2.05) is 6.07 Å². The molecule has 0 unspecified atom stereocenters. The summed E-state index contributed by atoms with van der Waals surface area (Å²) in [5.41, 5.74) is 1.75. The molecular formula is C26H32N6O3. The SMILES string of the molecule is CC(C)C[C@@H](NC(=O)c1cccnc1)c1nnc2n1CCN(Cc1ccc3c(c1)OCCO3)CC2. The van der Waals surface area contributed by atoms with Gasteiger partial charge >= 0.3 is 0 Å². The third-order valence-electron chi connectivity index (χ3n) is 6.41. The standard InChI is InChI=1S/C26H32N6O3/c1-18(2)14-21(28-26(33)20-4-3-8-27-16-20)25-30-29-24-7-9-31(10-11-32(24)25)17-19-5-6-22-23(15-19)35-13-12-34-22/h3-6,8,15-16,18,21H,7,9-14,17H2,1-2H3,(H,28,33)/t21-/m1/s1. The highest BCUT2D eigenvalue weighted by Crippen LogP contribution is 2.31. The van der Waals surface area contributed by atoms with E-state index >= 15 is 0 Å². The first-order chi connectivity index (χ1) is 17.1. The van der Waals surface area contributed by atoms with Gasteiger partial charge in [-0.3, -0.25) is 14.7 Å². The molecule has 2 aliphatic heterocycles. The van der Waals surface area contributed by atoms with E-state index in [0.29, 0.717) is 24.7 Å². The van der Waals surface area contributed by atoms with Gasteiger partial charge in [0.15, 0.2) is 17.3 Å². The van der Waals surface area contributed by atoms with Crippen LogP contribution in [0.4, 0.5) is 0 Å². The lowest BCUT2D eigenvalue weighted by Crippen LogP contribution is -2.32. The Hall–Kier alpha value is -3.46. The largest absolute Gasteiger partial charge is 0.486 e. The van der Waals surface area contributed by atoms with E-state index in [2.05, 4.69) is 55.9 Å². The number of benzene rings is 1. The molecular weight excluding hydrogens is 444 g/mol. The number of pyridine rings is 1. The zero-order valence-corrected chi connectivity index (χ0v) is 20.3. The number of rotatable bonds is 7. The van der Waals surface area contributed by atoms with E-state index in [9.17, 15) is 4.79 Å². The van der Waals surface area contributed by atoms with Crippen LogP contribution in [-0.4, -0.2) is 56.9 Å². The lowest BCUT2D eigenvalue weighted by molar-refractivity contribution is 0.0928. The Morgan fingerprint density at radius 2 is 1.94 bits per heavy atom. The summed E-state index contributed by atoms with van der Waals surface area (Å²) >= 11 is 0. The molecule has 0 radical (unpaired) electrons. The van der Waals surface area contributed by atoms with E-state index in [1.54, 1.807) is 24.5 Å². The molecule has 9 nitrogen and oxygen atoms in total. The summed E-state index contributed by atoms with van der Waals surface area (Å²) in [4.78, 5) is 19.4. The Labute approximate surface area is 205 Å². The van der Waals surface area contributed by atoms with Crippen molar-refractivity contribution in [1.29, 1.82) is 0 Å². The van der Waals surface area contributed by atoms with Crippen LogP contribution < -0.4 is 14.8 Å². The van der Waals surface area contributed by atoms with Gasteiger partial charge in [0.2, 0.25) is 0 Å². The van der Waals surface area contributed by atoms with Gasteiger partial charge < -0.3 is 19.4 Å². The van der Waals surface area contributed by atoms with E-state index < -0.39 is 0 Å². The fourth-order valence-corrected chi connectivity index (χ4v) is 4.69. The Balaban J connectivity index is 1.29. The molecule has 0 bridgehead atoms. The van der Waals surface area contributed by atoms with Crippen molar-refractivity contribution in [3.63, 3.8) is 0 Å². The third kappa shape index (κ3) is 5.45. The molecule has 2 aliphatic rings. The fraction of sp³-hybridized carbons (Fsp3) is 0.462. The zero-order chi connectivity index (χ0) is 24.2. The second-order valence-electron chi connectivity index (χ2n) is 9.53.